The van der Waals surface area contributed by atoms with Crippen LogP contribution in [0.2, 0.25) is 0 Å². The van der Waals surface area contributed by atoms with Gasteiger partial charge in [0.25, 0.3) is 0 Å². The van der Waals surface area contributed by atoms with Gasteiger partial charge in [0.1, 0.15) is 5.60 Å². The maximum atomic E-state index is 11.8. The Morgan fingerprint density at radius 1 is 1.45 bits per heavy atom. The van der Waals surface area contributed by atoms with Crippen molar-refractivity contribution in [3.8, 4) is 0 Å². The smallest absolute Gasteiger partial charge is 0.408 e. The zero-order valence-corrected chi connectivity index (χ0v) is 13.1. The number of rotatable bonds is 5. The minimum atomic E-state index is -0.507. The minimum Gasteiger partial charge on any atom is -0.444 e. The molecule has 1 aromatic heterocycles. The van der Waals surface area contributed by atoms with Crippen molar-refractivity contribution in [3.63, 3.8) is 0 Å². The van der Waals surface area contributed by atoms with Gasteiger partial charge < -0.3 is 19.4 Å². The first-order valence-electron chi connectivity index (χ1n) is 6.74. The number of nitrogens with zero attached hydrogens (tertiary/aromatic N) is 2. The molecule has 0 fully saturated rings. The molecule has 1 N–H and O–H groups in total. The molecule has 0 aliphatic carbocycles. The molecule has 2 atom stereocenters. The molecule has 0 bridgehead atoms. The van der Waals surface area contributed by atoms with Crippen LogP contribution in [0.5, 0.6) is 0 Å². The van der Waals surface area contributed by atoms with Crippen molar-refractivity contribution >= 4 is 6.09 Å². The van der Waals surface area contributed by atoms with Crippen LogP contribution in [0.25, 0.3) is 0 Å². The van der Waals surface area contributed by atoms with Crippen LogP contribution in [0.15, 0.2) is 12.5 Å². The molecule has 0 radical (unpaired) electrons. The highest BCUT2D eigenvalue weighted by Crippen LogP contribution is 2.18. The number of amides is 1. The minimum absolute atomic E-state index is 0.153. The van der Waals surface area contributed by atoms with Crippen LogP contribution in [0, 0.1) is 0 Å². The van der Waals surface area contributed by atoms with Crippen LogP contribution in [-0.2, 0) is 9.47 Å². The van der Waals surface area contributed by atoms with Crippen molar-refractivity contribution in [2.75, 3.05) is 13.7 Å². The monoisotopic (exact) mass is 283 g/mol. The first-order valence-corrected chi connectivity index (χ1v) is 6.74. The van der Waals surface area contributed by atoms with E-state index in [4.69, 9.17) is 9.47 Å². The number of ether oxygens (including phenoxy) is 2. The van der Waals surface area contributed by atoms with E-state index in [0.29, 0.717) is 6.61 Å². The van der Waals surface area contributed by atoms with E-state index in [0.717, 1.165) is 5.69 Å². The fourth-order valence-electron chi connectivity index (χ4n) is 1.90. The number of alkyl carbamates (subject to hydrolysis) is 1. The molecule has 6 nitrogen and oxygen atoms in total. The topological polar surface area (TPSA) is 65.4 Å². The first-order chi connectivity index (χ1) is 9.24. The van der Waals surface area contributed by atoms with Gasteiger partial charge in [0.2, 0.25) is 0 Å². The van der Waals surface area contributed by atoms with Gasteiger partial charge in [0, 0.05) is 7.11 Å². The average Bonchev–Trinajstić information content (AvgIpc) is 2.75. The molecule has 2 unspecified atom stereocenters. The van der Waals surface area contributed by atoms with Crippen LogP contribution >= 0.6 is 0 Å². The Labute approximate surface area is 120 Å². The maximum absolute atomic E-state index is 11.8. The van der Waals surface area contributed by atoms with Crippen molar-refractivity contribution in [3.05, 3.63) is 18.2 Å². The normalized spacial score (nSPS) is 14.7. The summed E-state index contributed by atoms with van der Waals surface area (Å²) in [4.78, 5) is 15.9. The van der Waals surface area contributed by atoms with E-state index in [2.05, 4.69) is 10.3 Å². The first kappa shape index (κ1) is 16.5. The van der Waals surface area contributed by atoms with E-state index < -0.39 is 11.7 Å². The van der Waals surface area contributed by atoms with Crippen molar-refractivity contribution < 1.29 is 14.3 Å². The number of hydrogen-bond donors (Lipinski definition) is 1. The summed E-state index contributed by atoms with van der Waals surface area (Å²) in [6.45, 7) is 10.0. The van der Waals surface area contributed by atoms with Crippen LogP contribution in [0.3, 0.4) is 0 Å². The van der Waals surface area contributed by atoms with Gasteiger partial charge in [-0.1, -0.05) is 0 Å². The lowest BCUT2D eigenvalue weighted by molar-refractivity contribution is 0.0505. The van der Waals surface area contributed by atoms with Crippen molar-refractivity contribution in [1.29, 1.82) is 0 Å². The van der Waals surface area contributed by atoms with E-state index in [1.807, 2.05) is 39.2 Å². The summed E-state index contributed by atoms with van der Waals surface area (Å²) in [5.74, 6) is 0. The fourth-order valence-corrected chi connectivity index (χ4v) is 1.90. The maximum Gasteiger partial charge on any atom is 0.408 e. The molecule has 1 aromatic rings. The highest BCUT2D eigenvalue weighted by molar-refractivity contribution is 5.68. The molecule has 1 amide bonds. The number of nitrogens with one attached hydrogen (secondary N) is 1. The Morgan fingerprint density at radius 2 is 2.10 bits per heavy atom. The quantitative estimate of drug-likeness (QED) is 0.902. The van der Waals surface area contributed by atoms with Crippen molar-refractivity contribution in [2.24, 2.45) is 0 Å². The van der Waals surface area contributed by atoms with Gasteiger partial charge in [0.15, 0.2) is 0 Å². The number of methoxy groups -OCH3 is 1. The number of carbonyl (C=O) groups excluding carboxylic acids is 1. The molecule has 0 saturated carbocycles. The van der Waals surface area contributed by atoms with E-state index in [9.17, 15) is 4.79 Å². The molecule has 1 heterocycles. The zero-order valence-electron chi connectivity index (χ0n) is 13.1. The van der Waals surface area contributed by atoms with E-state index in [1.54, 1.807) is 19.6 Å². The van der Waals surface area contributed by atoms with Crippen LogP contribution < -0.4 is 5.32 Å². The molecule has 1 rings (SSSR count). The third-order valence-corrected chi connectivity index (χ3v) is 2.76. The second kappa shape index (κ2) is 6.74. The lowest BCUT2D eigenvalue weighted by Gasteiger charge is -2.23. The van der Waals surface area contributed by atoms with Gasteiger partial charge >= 0.3 is 6.09 Å². The highest BCUT2D eigenvalue weighted by Gasteiger charge is 2.21. The third kappa shape index (κ3) is 4.85. The molecule has 0 spiro atoms. The lowest BCUT2D eigenvalue weighted by atomic mass is 10.2. The van der Waals surface area contributed by atoms with Gasteiger partial charge in [0.05, 0.1) is 36.9 Å². The largest absolute Gasteiger partial charge is 0.444 e. The molecule has 0 aliphatic rings. The molecule has 0 aliphatic heterocycles. The number of carbonyl (C=O) groups is 1. The second-order valence-corrected chi connectivity index (χ2v) is 5.90. The number of imidazole rings is 1. The Kier molecular flexibility index (Phi) is 5.56. The third-order valence-electron chi connectivity index (χ3n) is 2.76. The highest BCUT2D eigenvalue weighted by atomic mass is 16.6. The van der Waals surface area contributed by atoms with Crippen molar-refractivity contribution in [1.82, 2.24) is 14.9 Å². The fraction of sp³-hybridized carbons (Fsp3) is 0.714. The molecule has 0 aromatic carbocycles. The molecule has 6 heteroatoms. The van der Waals surface area contributed by atoms with Crippen LogP contribution in [0.1, 0.15) is 52.4 Å². The predicted octanol–water partition coefficient (Wildman–Crippen LogP) is 2.68. The summed E-state index contributed by atoms with van der Waals surface area (Å²) in [5.41, 5.74) is 0.410. The average molecular weight is 283 g/mol. The summed E-state index contributed by atoms with van der Waals surface area (Å²) in [6, 6.07) is -0.0351. The van der Waals surface area contributed by atoms with Gasteiger partial charge in [-0.2, -0.15) is 0 Å². The molecular formula is C14H25N3O3. The lowest BCUT2D eigenvalue weighted by Crippen LogP contribution is -2.34. The Morgan fingerprint density at radius 3 is 2.65 bits per heavy atom. The SMILES string of the molecule is COCC(C)n1cncc1C(C)NC(=O)OC(C)(C)C. The van der Waals surface area contributed by atoms with Gasteiger partial charge in [-0.3, -0.25) is 0 Å². The van der Waals surface area contributed by atoms with Gasteiger partial charge in [-0.15, -0.1) is 0 Å². The summed E-state index contributed by atoms with van der Waals surface area (Å²) in [7, 11) is 1.66. The van der Waals surface area contributed by atoms with Crippen molar-refractivity contribution in [2.45, 2.75) is 52.3 Å². The van der Waals surface area contributed by atoms with Gasteiger partial charge in [-0.05, 0) is 34.6 Å². The standard InChI is InChI=1S/C14H25N3O3/c1-10(8-19-6)17-9-15-7-12(17)11(2)16-13(18)20-14(3,4)5/h7,9-11H,8H2,1-6H3,(H,16,18). The Bertz CT molecular complexity index is 437. The van der Waals surface area contributed by atoms with E-state index in [-0.39, 0.29) is 12.1 Å². The molecule has 20 heavy (non-hydrogen) atoms. The predicted molar refractivity (Wildman–Crippen MR) is 76.6 cm³/mol. The molecule has 0 saturated heterocycles. The summed E-state index contributed by atoms with van der Waals surface area (Å²) >= 11 is 0. The Balaban J connectivity index is 2.71. The summed E-state index contributed by atoms with van der Waals surface area (Å²) in [5, 5.41) is 2.81. The second-order valence-electron chi connectivity index (χ2n) is 5.90. The zero-order chi connectivity index (χ0) is 15.3. The number of hydrogen-bond acceptors (Lipinski definition) is 4. The van der Waals surface area contributed by atoms with Gasteiger partial charge in [-0.25, -0.2) is 9.78 Å². The summed E-state index contributed by atoms with van der Waals surface area (Å²) < 4.78 is 12.4. The number of aromatic nitrogens is 2. The Hall–Kier alpha value is -1.56. The molecular weight excluding hydrogens is 258 g/mol. The van der Waals surface area contributed by atoms with Crippen LogP contribution in [0.4, 0.5) is 4.79 Å². The molecule has 114 valence electrons. The van der Waals surface area contributed by atoms with E-state index >= 15 is 0 Å². The van der Waals surface area contributed by atoms with Crippen LogP contribution in [-0.4, -0.2) is 35.0 Å². The summed E-state index contributed by atoms with van der Waals surface area (Å²) in [6.07, 6.45) is 3.05. The van der Waals surface area contributed by atoms with E-state index in [1.165, 1.54) is 0 Å².